The molecule has 3 aliphatic rings. The van der Waals surface area contributed by atoms with E-state index in [2.05, 4.69) is 23.8 Å². The number of hydrogen-bond donors (Lipinski definition) is 0. The van der Waals surface area contributed by atoms with E-state index in [0.29, 0.717) is 31.3 Å². The van der Waals surface area contributed by atoms with Crippen molar-refractivity contribution in [3.63, 3.8) is 0 Å². The fraction of sp³-hybridized carbons (Fsp3) is 0.889. The third-order valence-corrected chi connectivity index (χ3v) is 8.81. The minimum Gasteiger partial charge on any atom is -0.463 e. The second-order valence-electron chi connectivity index (χ2n) is 11.5. The van der Waals surface area contributed by atoms with Gasteiger partial charge < -0.3 is 14.4 Å². The fourth-order valence-electron chi connectivity index (χ4n) is 5.83. The van der Waals surface area contributed by atoms with Gasteiger partial charge in [0.25, 0.3) is 0 Å². The molecule has 1 aliphatic heterocycles. The second kappa shape index (κ2) is 12.2. The molecule has 1 spiro atoms. The van der Waals surface area contributed by atoms with Gasteiger partial charge in [0.15, 0.2) is 0 Å². The number of methoxy groups -OCH3 is 1. The van der Waals surface area contributed by atoms with Crippen LogP contribution in [0.25, 0.3) is 0 Å². The molecule has 35 heavy (non-hydrogen) atoms. The van der Waals surface area contributed by atoms with Crippen molar-refractivity contribution in [3.8, 4) is 0 Å². The maximum atomic E-state index is 12.9. The molecule has 2 saturated carbocycles. The molecule has 0 aromatic rings. The van der Waals surface area contributed by atoms with Gasteiger partial charge in [-0.3, -0.25) is 24.2 Å². The molecular weight excluding hydrogens is 446 g/mol. The zero-order chi connectivity index (χ0) is 25.8. The lowest BCUT2D eigenvalue weighted by Crippen LogP contribution is -2.56. The molecule has 0 N–H and O–H groups in total. The first kappa shape index (κ1) is 28.1. The van der Waals surface area contributed by atoms with Crippen LogP contribution < -0.4 is 0 Å². The lowest BCUT2D eigenvalue weighted by atomic mass is 9.77. The van der Waals surface area contributed by atoms with E-state index in [1.54, 1.807) is 14.0 Å². The number of Topliss-reactive ketones (excluding diaryl/α,β-unsaturated/α-hetero) is 1. The van der Waals surface area contributed by atoms with Crippen LogP contribution in [-0.2, 0) is 23.9 Å². The van der Waals surface area contributed by atoms with E-state index < -0.39 is 11.9 Å². The van der Waals surface area contributed by atoms with E-state index in [4.69, 9.17) is 9.47 Å². The van der Waals surface area contributed by atoms with Crippen LogP contribution >= 0.6 is 0 Å². The number of cyclic esters (lactones) is 1. The Morgan fingerprint density at radius 3 is 2.34 bits per heavy atom. The highest BCUT2D eigenvalue weighted by atomic mass is 16.5. The Labute approximate surface area is 211 Å². The van der Waals surface area contributed by atoms with Crippen molar-refractivity contribution in [2.24, 2.45) is 11.8 Å². The molecule has 2 aliphatic carbocycles. The van der Waals surface area contributed by atoms with E-state index in [1.165, 1.54) is 12.8 Å². The molecule has 3 atom stereocenters. The van der Waals surface area contributed by atoms with Crippen molar-refractivity contribution >= 4 is 17.7 Å². The molecule has 8 heteroatoms. The number of likely N-dealkylation sites (N-methyl/N-ethyl adjacent to an activating group) is 3. The first-order valence-electron chi connectivity index (χ1n) is 13.5. The van der Waals surface area contributed by atoms with E-state index in [-0.39, 0.29) is 36.0 Å². The molecule has 0 radical (unpaired) electrons. The van der Waals surface area contributed by atoms with Crippen molar-refractivity contribution in [3.05, 3.63) is 0 Å². The van der Waals surface area contributed by atoms with Crippen molar-refractivity contribution in [1.82, 2.24) is 14.7 Å². The summed E-state index contributed by atoms with van der Waals surface area (Å²) < 4.78 is 11.5. The molecule has 1 saturated heterocycles. The average Bonchev–Trinajstić information content (AvgIpc) is 3.69. The van der Waals surface area contributed by atoms with Crippen LogP contribution in [0, 0.1) is 11.8 Å². The van der Waals surface area contributed by atoms with E-state index in [0.717, 1.165) is 38.6 Å². The van der Waals surface area contributed by atoms with Crippen molar-refractivity contribution in [1.29, 1.82) is 0 Å². The number of esters is 1. The van der Waals surface area contributed by atoms with Gasteiger partial charge in [-0.1, -0.05) is 6.92 Å². The number of carbonyl (C=O) groups is 3. The first-order valence-corrected chi connectivity index (χ1v) is 13.5. The molecule has 3 rings (SSSR count). The highest BCUT2D eigenvalue weighted by molar-refractivity contribution is 5.98. The number of amides is 1. The first-order chi connectivity index (χ1) is 16.6. The number of hydrogen-bond acceptors (Lipinski definition) is 7. The molecule has 0 aromatic heterocycles. The number of carbonyl (C=O) groups excluding carboxylic acids is 3. The smallest absolute Gasteiger partial charge is 0.316 e. The number of ketones is 1. The molecule has 1 amide bonds. The highest BCUT2D eigenvalue weighted by Gasteiger charge is 2.43. The summed E-state index contributed by atoms with van der Waals surface area (Å²) in [6.07, 6.45) is 7.68. The lowest BCUT2D eigenvalue weighted by Gasteiger charge is -2.48. The molecule has 3 unspecified atom stereocenters. The Hall–Kier alpha value is -1.51. The van der Waals surface area contributed by atoms with Crippen LogP contribution in [0.2, 0.25) is 0 Å². The third-order valence-electron chi connectivity index (χ3n) is 8.81. The zero-order valence-corrected chi connectivity index (χ0v) is 22.8. The summed E-state index contributed by atoms with van der Waals surface area (Å²) in [6.45, 7) is 5.51. The second-order valence-corrected chi connectivity index (χ2v) is 11.5. The zero-order valence-electron chi connectivity index (χ0n) is 22.8. The Morgan fingerprint density at radius 1 is 1.09 bits per heavy atom. The summed E-state index contributed by atoms with van der Waals surface area (Å²) in [5.74, 6) is -0.697. The van der Waals surface area contributed by atoms with Crippen LogP contribution in [0.15, 0.2) is 0 Å². The molecule has 0 aromatic carbocycles. The van der Waals surface area contributed by atoms with Gasteiger partial charge in [-0.05, 0) is 78.3 Å². The Morgan fingerprint density at radius 2 is 1.74 bits per heavy atom. The summed E-state index contributed by atoms with van der Waals surface area (Å²) in [5.41, 5.74) is -0.283. The van der Waals surface area contributed by atoms with Gasteiger partial charge in [0.2, 0.25) is 5.91 Å². The minimum atomic E-state index is -0.753. The van der Waals surface area contributed by atoms with Crippen LogP contribution in [-0.4, -0.2) is 104 Å². The molecule has 3 fully saturated rings. The summed E-state index contributed by atoms with van der Waals surface area (Å²) in [6, 6.07) is 0.768. The van der Waals surface area contributed by atoms with Gasteiger partial charge >= 0.3 is 5.97 Å². The number of ether oxygens (including phenoxy) is 2. The normalized spacial score (nSPS) is 34.1. The van der Waals surface area contributed by atoms with E-state index in [1.807, 2.05) is 19.0 Å². The largest absolute Gasteiger partial charge is 0.463 e. The number of rotatable bonds is 5. The minimum absolute atomic E-state index is 0.00596. The molecular formula is C27H47N3O5. The summed E-state index contributed by atoms with van der Waals surface area (Å²) >= 11 is 0. The fourth-order valence-corrected chi connectivity index (χ4v) is 5.83. The Bertz CT molecular complexity index is 747. The predicted molar refractivity (Wildman–Crippen MR) is 135 cm³/mol. The maximum absolute atomic E-state index is 12.9. The summed E-state index contributed by atoms with van der Waals surface area (Å²) in [5, 5.41) is 0. The quantitative estimate of drug-likeness (QED) is 0.430. The molecule has 0 bridgehead atoms. The van der Waals surface area contributed by atoms with Crippen LogP contribution in [0.5, 0.6) is 0 Å². The van der Waals surface area contributed by atoms with Gasteiger partial charge in [-0.15, -0.1) is 0 Å². The Balaban J connectivity index is 1.68. The highest BCUT2D eigenvalue weighted by Crippen LogP contribution is 2.37. The van der Waals surface area contributed by atoms with E-state index >= 15 is 0 Å². The molecule has 8 nitrogen and oxygen atoms in total. The summed E-state index contributed by atoms with van der Waals surface area (Å²) in [7, 11) is 7.79. The van der Waals surface area contributed by atoms with Crippen LogP contribution in [0.3, 0.4) is 0 Å². The Kier molecular flexibility index (Phi) is 9.75. The SMILES string of the molecule is COC1CCC(=O)C(C)C(=O)OCC2(CCC(N(C)C(=O)CN(C)C3CC3)CC2)N(C)CC(C)C1. The monoisotopic (exact) mass is 493 g/mol. The van der Waals surface area contributed by atoms with Gasteiger partial charge in [0.05, 0.1) is 18.2 Å². The van der Waals surface area contributed by atoms with E-state index in [9.17, 15) is 14.4 Å². The molecule has 1 heterocycles. The average molecular weight is 494 g/mol. The lowest BCUT2D eigenvalue weighted by molar-refractivity contribution is -0.156. The van der Waals surface area contributed by atoms with Crippen molar-refractivity contribution in [2.75, 3.05) is 47.9 Å². The van der Waals surface area contributed by atoms with Gasteiger partial charge in [-0.2, -0.15) is 0 Å². The van der Waals surface area contributed by atoms with Gasteiger partial charge in [0, 0.05) is 39.2 Å². The van der Waals surface area contributed by atoms with Crippen molar-refractivity contribution in [2.45, 2.75) is 95.4 Å². The predicted octanol–water partition coefficient (Wildman–Crippen LogP) is 2.74. The number of nitrogens with zero attached hydrogens (tertiary/aromatic N) is 3. The maximum Gasteiger partial charge on any atom is 0.316 e. The van der Waals surface area contributed by atoms with Gasteiger partial charge in [-0.25, -0.2) is 0 Å². The topological polar surface area (TPSA) is 79.4 Å². The summed E-state index contributed by atoms with van der Waals surface area (Å²) in [4.78, 5) is 44.7. The van der Waals surface area contributed by atoms with Crippen LogP contribution in [0.1, 0.15) is 71.6 Å². The third kappa shape index (κ3) is 7.26. The van der Waals surface area contributed by atoms with Crippen LogP contribution in [0.4, 0.5) is 0 Å². The van der Waals surface area contributed by atoms with Crippen molar-refractivity contribution < 1.29 is 23.9 Å². The standard InChI is InChI=1S/C27H47N3O5/c1-19-15-23(34-6)9-10-24(31)20(2)26(33)35-18-27(29(4)16-19)13-11-22(12-14-27)30(5)25(32)17-28(3)21-7-8-21/h19-23H,7-18H2,1-6H3. The molecule has 200 valence electrons. The van der Waals surface area contributed by atoms with Gasteiger partial charge in [0.1, 0.15) is 18.3 Å².